The van der Waals surface area contributed by atoms with E-state index in [9.17, 15) is 18.9 Å². The molecule has 0 heterocycles. The minimum atomic E-state index is -1.27. The average Bonchev–Trinajstić information content (AvgIpc) is 2.11. The van der Waals surface area contributed by atoms with E-state index in [0.29, 0.717) is 12.1 Å². The number of halogens is 3. The lowest BCUT2D eigenvalue weighted by molar-refractivity contribution is -0.384. The second-order valence-corrected chi connectivity index (χ2v) is 2.62. The summed E-state index contributed by atoms with van der Waals surface area (Å²) in [4.78, 5) is 9.57. The third-order valence-electron chi connectivity index (χ3n) is 1.49. The molecule has 0 aromatic heterocycles. The summed E-state index contributed by atoms with van der Waals surface area (Å²) < 4.78 is 25.3. The van der Waals surface area contributed by atoms with E-state index in [0.717, 1.165) is 0 Å². The van der Waals surface area contributed by atoms with Gasteiger partial charge in [0.05, 0.1) is 17.0 Å². The van der Waals surface area contributed by atoms with E-state index in [2.05, 4.69) is 5.32 Å². The van der Waals surface area contributed by atoms with Crippen LogP contribution in [0.15, 0.2) is 12.1 Å². The van der Waals surface area contributed by atoms with Gasteiger partial charge in [-0.05, 0) is 0 Å². The van der Waals surface area contributed by atoms with Gasteiger partial charge in [-0.3, -0.25) is 10.1 Å². The standard InChI is InChI=1S/C7H5ClF2N2O2/c8-3-11-6-1-4(9)5(10)2-7(6)12(13)14/h1-2,11H,3H2. The summed E-state index contributed by atoms with van der Waals surface area (Å²) in [6, 6.07) is 1.06. The van der Waals surface area contributed by atoms with Gasteiger partial charge >= 0.3 is 0 Å². The maximum Gasteiger partial charge on any atom is 0.295 e. The second kappa shape index (κ2) is 4.19. The first-order chi connectivity index (χ1) is 6.56. The second-order valence-electron chi connectivity index (χ2n) is 2.35. The third kappa shape index (κ3) is 2.08. The van der Waals surface area contributed by atoms with E-state index in [1.54, 1.807) is 0 Å². The van der Waals surface area contributed by atoms with Crippen molar-refractivity contribution in [2.75, 3.05) is 11.3 Å². The van der Waals surface area contributed by atoms with Crippen molar-refractivity contribution in [1.82, 2.24) is 0 Å². The largest absolute Gasteiger partial charge is 0.366 e. The molecule has 1 N–H and O–H groups in total. The molecule has 0 aliphatic rings. The number of nitro groups is 1. The number of benzene rings is 1. The van der Waals surface area contributed by atoms with E-state index in [1.165, 1.54) is 0 Å². The van der Waals surface area contributed by atoms with Crippen LogP contribution in [0, 0.1) is 21.7 Å². The molecule has 0 saturated heterocycles. The molecular weight excluding hydrogens is 218 g/mol. The van der Waals surface area contributed by atoms with Crippen LogP contribution >= 0.6 is 11.6 Å². The molecule has 1 aromatic rings. The molecule has 0 spiro atoms. The molecule has 14 heavy (non-hydrogen) atoms. The molecule has 76 valence electrons. The number of nitrogens with zero attached hydrogens (tertiary/aromatic N) is 1. The number of hydrogen-bond acceptors (Lipinski definition) is 3. The summed E-state index contributed by atoms with van der Waals surface area (Å²) in [6.07, 6.45) is 0. The summed E-state index contributed by atoms with van der Waals surface area (Å²) in [7, 11) is 0. The summed E-state index contributed by atoms with van der Waals surface area (Å²) in [5, 5.41) is 12.7. The van der Waals surface area contributed by atoms with Crippen molar-refractivity contribution in [3.05, 3.63) is 33.9 Å². The van der Waals surface area contributed by atoms with Crippen LogP contribution < -0.4 is 5.32 Å². The fourth-order valence-corrected chi connectivity index (χ4v) is 1.04. The Labute approximate surface area is 82.6 Å². The van der Waals surface area contributed by atoms with Crippen LogP contribution in [0.5, 0.6) is 0 Å². The molecule has 0 bridgehead atoms. The normalized spacial score (nSPS) is 9.93. The summed E-state index contributed by atoms with van der Waals surface area (Å²) >= 11 is 5.25. The Morgan fingerprint density at radius 1 is 1.43 bits per heavy atom. The smallest absolute Gasteiger partial charge is 0.295 e. The Kier molecular flexibility index (Phi) is 3.19. The molecule has 0 radical (unpaired) electrons. The minimum absolute atomic E-state index is 0.133. The molecule has 0 saturated carbocycles. The van der Waals surface area contributed by atoms with Crippen LogP contribution in [0.4, 0.5) is 20.2 Å². The van der Waals surface area contributed by atoms with E-state index >= 15 is 0 Å². The first-order valence-corrected chi connectivity index (χ1v) is 4.03. The summed E-state index contributed by atoms with van der Waals surface area (Å²) in [6.45, 7) is 0. The Balaban J connectivity index is 3.24. The number of anilines is 1. The Morgan fingerprint density at radius 2 is 2.00 bits per heavy atom. The van der Waals surface area contributed by atoms with Crippen LogP contribution in [0.3, 0.4) is 0 Å². The van der Waals surface area contributed by atoms with E-state index in [1.807, 2.05) is 0 Å². The van der Waals surface area contributed by atoms with Gasteiger partial charge in [-0.15, -0.1) is 11.6 Å². The molecule has 1 aromatic carbocycles. The van der Waals surface area contributed by atoms with E-state index < -0.39 is 22.2 Å². The van der Waals surface area contributed by atoms with Crippen molar-refractivity contribution < 1.29 is 13.7 Å². The van der Waals surface area contributed by atoms with Crippen LogP contribution in [0.2, 0.25) is 0 Å². The highest BCUT2D eigenvalue weighted by atomic mass is 35.5. The third-order valence-corrected chi connectivity index (χ3v) is 1.63. The molecular formula is C7H5ClF2N2O2. The van der Waals surface area contributed by atoms with Crippen LogP contribution in [0.1, 0.15) is 0 Å². The van der Waals surface area contributed by atoms with E-state index in [-0.39, 0.29) is 11.7 Å². The van der Waals surface area contributed by atoms with Gasteiger partial charge < -0.3 is 5.32 Å². The lowest BCUT2D eigenvalue weighted by atomic mass is 10.2. The van der Waals surface area contributed by atoms with Crippen LogP contribution in [-0.4, -0.2) is 10.9 Å². The van der Waals surface area contributed by atoms with Gasteiger partial charge in [0.15, 0.2) is 11.6 Å². The molecule has 0 fully saturated rings. The maximum atomic E-state index is 12.7. The number of alkyl halides is 1. The predicted molar refractivity (Wildman–Crippen MR) is 47.4 cm³/mol. The average molecular weight is 223 g/mol. The number of hydrogen-bond donors (Lipinski definition) is 1. The first-order valence-electron chi connectivity index (χ1n) is 3.49. The topological polar surface area (TPSA) is 55.2 Å². The lowest BCUT2D eigenvalue weighted by Gasteiger charge is -2.03. The fraction of sp³-hybridized carbons (Fsp3) is 0.143. The highest BCUT2D eigenvalue weighted by Gasteiger charge is 2.17. The first kappa shape index (κ1) is 10.6. The van der Waals surface area contributed by atoms with Gasteiger partial charge in [-0.25, -0.2) is 8.78 Å². The summed E-state index contributed by atoms with van der Waals surface area (Å²) in [5.74, 6) is -2.43. The molecule has 7 heteroatoms. The van der Waals surface area contributed by atoms with Gasteiger partial charge in [0, 0.05) is 6.07 Å². The quantitative estimate of drug-likeness (QED) is 0.370. The number of nitrogens with one attached hydrogen (secondary N) is 1. The maximum absolute atomic E-state index is 12.7. The molecule has 0 atom stereocenters. The zero-order chi connectivity index (χ0) is 10.7. The predicted octanol–water partition coefficient (Wildman–Crippen LogP) is 2.48. The monoisotopic (exact) mass is 222 g/mol. The Morgan fingerprint density at radius 3 is 2.50 bits per heavy atom. The van der Waals surface area contributed by atoms with Gasteiger partial charge in [-0.1, -0.05) is 0 Å². The van der Waals surface area contributed by atoms with Crippen molar-refractivity contribution in [3.63, 3.8) is 0 Å². The summed E-state index contributed by atoms with van der Waals surface area (Å²) in [5.41, 5.74) is -0.701. The van der Waals surface area contributed by atoms with Crippen molar-refractivity contribution in [2.45, 2.75) is 0 Å². The van der Waals surface area contributed by atoms with Gasteiger partial charge in [0.2, 0.25) is 0 Å². The van der Waals surface area contributed by atoms with Crippen molar-refractivity contribution in [1.29, 1.82) is 0 Å². The van der Waals surface area contributed by atoms with E-state index in [4.69, 9.17) is 11.6 Å². The van der Waals surface area contributed by atoms with Gasteiger partial charge in [0.1, 0.15) is 5.69 Å². The highest BCUT2D eigenvalue weighted by molar-refractivity contribution is 6.18. The van der Waals surface area contributed by atoms with Crippen molar-refractivity contribution >= 4 is 23.0 Å². The van der Waals surface area contributed by atoms with Gasteiger partial charge in [0.25, 0.3) is 5.69 Å². The van der Waals surface area contributed by atoms with Crippen LogP contribution in [-0.2, 0) is 0 Å². The fourth-order valence-electron chi connectivity index (χ4n) is 0.901. The molecule has 4 nitrogen and oxygen atoms in total. The lowest BCUT2D eigenvalue weighted by Crippen LogP contribution is -2.01. The molecule has 0 amide bonds. The Hall–Kier alpha value is -1.43. The zero-order valence-electron chi connectivity index (χ0n) is 6.76. The molecule has 0 aliphatic heterocycles. The SMILES string of the molecule is O=[N+]([O-])c1cc(F)c(F)cc1NCCl. The van der Waals surface area contributed by atoms with Crippen LogP contribution in [0.25, 0.3) is 0 Å². The van der Waals surface area contributed by atoms with Gasteiger partial charge in [-0.2, -0.15) is 0 Å². The molecule has 0 aliphatic carbocycles. The van der Waals surface area contributed by atoms with Crippen molar-refractivity contribution in [2.24, 2.45) is 0 Å². The molecule has 0 unspecified atom stereocenters. The highest BCUT2D eigenvalue weighted by Crippen LogP contribution is 2.26. The number of rotatable bonds is 3. The molecule has 1 rings (SSSR count). The number of nitro benzene ring substituents is 1. The van der Waals surface area contributed by atoms with Crippen molar-refractivity contribution in [3.8, 4) is 0 Å². The zero-order valence-corrected chi connectivity index (χ0v) is 7.52. The Bertz CT molecular complexity index is 373. The minimum Gasteiger partial charge on any atom is -0.366 e.